The number of furan rings is 1. The SMILES string of the molecule is O=C(O)c1ccc(NCc2ccoc2)cc1[N+](=O)[O-]. The van der Waals surface area contributed by atoms with Crippen molar-refractivity contribution in [1.29, 1.82) is 0 Å². The Morgan fingerprint density at radius 1 is 1.42 bits per heavy atom. The lowest BCUT2D eigenvalue weighted by Crippen LogP contribution is -2.04. The number of aromatic carboxylic acids is 1. The van der Waals surface area contributed by atoms with Crippen molar-refractivity contribution in [3.05, 3.63) is 58.0 Å². The molecule has 7 heteroatoms. The van der Waals surface area contributed by atoms with Crippen LogP contribution in [0.4, 0.5) is 11.4 Å². The number of nitrogens with one attached hydrogen (secondary N) is 1. The molecule has 0 aliphatic rings. The molecule has 2 rings (SSSR count). The highest BCUT2D eigenvalue weighted by Crippen LogP contribution is 2.23. The molecular formula is C12H10N2O5. The van der Waals surface area contributed by atoms with Crippen molar-refractivity contribution < 1.29 is 19.2 Å². The van der Waals surface area contributed by atoms with Gasteiger partial charge in [0.15, 0.2) is 0 Å². The Bertz CT molecular complexity index is 607. The summed E-state index contributed by atoms with van der Waals surface area (Å²) in [7, 11) is 0. The van der Waals surface area contributed by atoms with Crippen LogP contribution in [0.15, 0.2) is 41.2 Å². The summed E-state index contributed by atoms with van der Waals surface area (Å²) in [5.41, 5.74) is 0.575. The maximum atomic E-state index is 10.8. The van der Waals surface area contributed by atoms with Crippen LogP contribution < -0.4 is 5.32 Å². The van der Waals surface area contributed by atoms with E-state index in [1.54, 1.807) is 12.3 Å². The lowest BCUT2D eigenvalue weighted by atomic mass is 10.1. The van der Waals surface area contributed by atoms with Gasteiger partial charge in [0.2, 0.25) is 0 Å². The van der Waals surface area contributed by atoms with Gasteiger partial charge in [-0.25, -0.2) is 4.79 Å². The number of benzene rings is 1. The van der Waals surface area contributed by atoms with Crippen molar-refractivity contribution in [2.24, 2.45) is 0 Å². The molecule has 0 saturated heterocycles. The second-order valence-corrected chi connectivity index (χ2v) is 3.78. The van der Waals surface area contributed by atoms with E-state index in [9.17, 15) is 14.9 Å². The minimum Gasteiger partial charge on any atom is -0.477 e. The van der Waals surface area contributed by atoms with Gasteiger partial charge in [-0.05, 0) is 18.2 Å². The quantitative estimate of drug-likeness (QED) is 0.633. The van der Waals surface area contributed by atoms with Crippen LogP contribution in [0.1, 0.15) is 15.9 Å². The highest BCUT2D eigenvalue weighted by molar-refractivity contribution is 5.93. The average Bonchev–Trinajstić information content (AvgIpc) is 2.88. The molecule has 0 amide bonds. The zero-order valence-electron chi connectivity index (χ0n) is 9.70. The average molecular weight is 262 g/mol. The number of carboxylic acids is 1. The van der Waals surface area contributed by atoms with Gasteiger partial charge in [-0.2, -0.15) is 0 Å². The van der Waals surface area contributed by atoms with E-state index < -0.39 is 16.6 Å². The van der Waals surface area contributed by atoms with Crippen molar-refractivity contribution in [3.8, 4) is 0 Å². The number of rotatable bonds is 5. The first kappa shape index (κ1) is 12.6. The molecule has 0 saturated carbocycles. The number of hydrogen-bond donors (Lipinski definition) is 2. The maximum Gasteiger partial charge on any atom is 0.342 e. The van der Waals surface area contributed by atoms with Crippen molar-refractivity contribution in [2.45, 2.75) is 6.54 Å². The molecule has 0 radical (unpaired) electrons. The fourth-order valence-electron chi connectivity index (χ4n) is 1.57. The molecule has 0 bridgehead atoms. The van der Waals surface area contributed by atoms with E-state index in [1.807, 2.05) is 0 Å². The number of carboxylic acid groups (broad SMARTS) is 1. The molecule has 0 atom stereocenters. The van der Waals surface area contributed by atoms with E-state index in [4.69, 9.17) is 9.52 Å². The van der Waals surface area contributed by atoms with Crippen LogP contribution in [0.3, 0.4) is 0 Å². The predicted octanol–water partition coefficient (Wildman–Crippen LogP) is 2.50. The fraction of sp³-hybridized carbons (Fsp3) is 0.0833. The molecule has 19 heavy (non-hydrogen) atoms. The van der Waals surface area contributed by atoms with Gasteiger partial charge in [0.1, 0.15) is 5.56 Å². The van der Waals surface area contributed by atoms with E-state index in [2.05, 4.69) is 5.32 Å². The highest BCUT2D eigenvalue weighted by atomic mass is 16.6. The Hall–Kier alpha value is -2.83. The molecular weight excluding hydrogens is 252 g/mol. The lowest BCUT2D eigenvalue weighted by Gasteiger charge is -2.05. The number of hydrogen-bond acceptors (Lipinski definition) is 5. The topological polar surface area (TPSA) is 106 Å². The molecule has 0 fully saturated rings. The molecule has 7 nitrogen and oxygen atoms in total. The highest BCUT2D eigenvalue weighted by Gasteiger charge is 2.19. The molecule has 1 aromatic carbocycles. The summed E-state index contributed by atoms with van der Waals surface area (Å²) in [4.78, 5) is 20.9. The number of anilines is 1. The smallest absolute Gasteiger partial charge is 0.342 e. The predicted molar refractivity (Wildman–Crippen MR) is 66.1 cm³/mol. The molecule has 0 aliphatic carbocycles. The van der Waals surface area contributed by atoms with Gasteiger partial charge in [0, 0.05) is 23.9 Å². The first-order chi connectivity index (χ1) is 9.08. The molecule has 98 valence electrons. The summed E-state index contributed by atoms with van der Waals surface area (Å²) in [5.74, 6) is -1.33. The summed E-state index contributed by atoms with van der Waals surface area (Å²) in [5, 5.41) is 22.6. The standard InChI is InChI=1S/C12H10N2O5/c15-12(16)10-2-1-9(5-11(10)14(17)18)13-6-8-3-4-19-7-8/h1-5,7,13H,6H2,(H,15,16). The fourth-order valence-corrected chi connectivity index (χ4v) is 1.57. The third-order valence-corrected chi connectivity index (χ3v) is 2.50. The van der Waals surface area contributed by atoms with Crippen LogP contribution in [0.2, 0.25) is 0 Å². The van der Waals surface area contributed by atoms with Gasteiger partial charge in [0.05, 0.1) is 17.4 Å². The van der Waals surface area contributed by atoms with Gasteiger partial charge in [0.25, 0.3) is 5.69 Å². The number of carbonyl (C=O) groups is 1. The third-order valence-electron chi connectivity index (χ3n) is 2.50. The molecule has 1 heterocycles. The zero-order chi connectivity index (χ0) is 13.8. The van der Waals surface area contributed by atoms with E-state index in [0.717, 1.165) is 5.56 Å². The van der Waals surface area contributed by atoms with Gasteiger partial charge in [-0.3, -0.25) is 10.1 Å². The molecule has 0 spiro atoms. The summed E-state index contributed by atoms with van der Waals surface area (Å²) in [6, 6.07) is 5.64. The van der Waals surface area contributed by atoms with Crippen molar-refractivity contribution in [3.63, 3.8) is 0 Å². The zero-order valence-corrected chi connectivity index (χ0v) is 9.70. The van der Waals surface area contributed by atoms with Gasteiger partial charge >= 0.3 is 5.97 Å². The molecule has 2 N–H and O–H groups in total. The van der Waals surface area contributed by atoms with Gasteiger partial charge < -0.3 is 14.8 Å². The molecule has 2 aromatic rings. The van der Waals surface area contributed by atoms with Crippen molar-refractivity contribution in [1.82, 2.24) is 0 Å². The largest absolute Gasteiger partial charge is 0.477 e. The molecule has 1 aromatic heterocycles. The van der Waals surface area contributed by atoms with Gasteiger partial charge in [-0.15, -0.1) is 0 Å². The summed E-state index contributed by atoms with van der Waals surface area (Å²) in [6.45, 7) is 0.431. The maximum absolute atomic E-state index is 10.8. The molecule has 0 unspecified atom stereocenters. The second-order valence-electron chi connectivity index (χ2n) is 3.78. The van der Waals surface area contributed by atoms with Crippen molar-refractivity contribution >= 4 is 17.3 Å². The van der Waals surface area contributed by atoms with E-state index in [0.29, 0.717) is 12.2 Å². The minimum absolute atomic E-state index is 0.334. The van der Waals surface area contributed by atoms with Crippen LogP contribution >= 0.6 is 0 Å². The second kappa shape index (κ2) is 5.21. The number of nitrogens with zero attached hydrogens (tertiary/aromatic N) is 1. The number of nitro benzene ring substituents is 1. The first-order valence-electron chi connectivity index (χ1n) is 5.34. The summed E-state index contributed by atoms with van der Waals surface area (Å²) in [6.07, 6.45) is 3.07. The summed E-state index contributed by atoms with van der Waals surface area (Å²) >= 11 is 0. The van der Waals surface area contributed by atoms with Crippen LogP contribution in [-0.2, 0) is 6.54 Å². The Balaban J connectivity index is 2.20. The monoisotopic (exact) mass is 262 g/mol. The first-order valence-corrected chi connectivity index (χ1v) is 5.34. The minimum atomic E-state index is -1.33. The third kappa shape index (κ3) is 2.89. The Morgan fingerprint density at radius 2 is 2.21 bits per heavy atom. The lowest BCUT2D eigenvalue weighted by molar-refractivity contribution is -0.385. The Labute approximate surface area is 107 Å². The normalized spacial score (nSPS) is 10.1. The van der Waals surface area contributed by atoms with Crippen molar-refractivity contribution in [2.75, 3.05) is 5.32 Å². The van der Waals surface area contributed by atoms with E-state index in [-0.39, 0.29) is 5.56 Å². The Kier molecular flexibility index (Phi) is 3.46. The Morgan fingerprint density at radius 3 is 2.79 bits per heavy atom. The van der Waals surface area contributed by atoms with Gasteiger partial charge in [-0.1, -0.05) is 0 Å². The van der Waals surface area contributed by atoms with Crippen LogP contribution in [-0.4, -0.2) is 16.0 Å². The molecule has 0 aliphatic heterocycles. The van der Waals surface area contributed by atoms with E-state index >= 15 is 0 Å². The summed E-state index contributed by atoms with van der Waals surface area (Å²) < 4.78 is 4.89. The van der Waals surface area contributed by atoms with E-state index in [1.165, 1.54) is 24.5 Å². The van der Waals surface area contributed by atoms with Crippen LogP contribution in [0, 0.1) is 10.1 Å². The van der Waals surface area contributed by atoms with Crippen LogP contribution in [0.5, 0.6) is 0 Å². The number of nitro groups is 1. The van der Waals surface area contributed by atoms with Crippen LogP contribution in [0.25, 0.3) is 0 Å².